The fourth-order valence-corrected chi connectivity index (χ4v) is 1.95. The number of nitrogens with two attached hydrogens (primary N) is 2. The van der Waals surface area contributed by atoms with Crippen molar-refractivity contribution in [2.45, 2.75) is 45.1 Å². The molecule has 1 aliphatic carbocycles. The Bertz CT molecular complexity index is 170. The molecule has 0 aromatic carbocycles. The van der Waals surface area contributed by atoms with Crippen molar-refractivity contribution in [3.8, 4) is 0 Å². The summed E-state index contributed by atoms with van der Waals surface area (Å²) in [6.07, 6.45) is 5.60. The second-order valence-electron chi connectivity index (χ2n) is 3.92. The van der Waals surface area contributed by atoms with Gasteiger partial charge in [0, 0.05) is 0 Å². The summed E-state index contributed by atoms with van der Waals surface area (Å²) in [4.78, 5) is 10.7. The predicted molar refractivity (Wildman–Crippen MR) is 48.4 cm³/mol. The molecule has 12 heavy (non-hydrogen) atoms. The van der Waals surface area contributed by atoms with Gasteiger partial charge in [0.1, 0.15) is 0 Å². The number of carbonyl (C=O) groups excluding carboxylic acids is 1. The third kappa shape index (κ3) is 1.78. The molecule has 0 aromatic rings. The Hall–Kier alpha value is -0.570. The van der Waals surface area contributed by atoms with Crippen molar-refractivity contribution in [2.24, 2.45) is 16.9 Å². The van der Waals surface area contributed by atoms with E-state index in [1.54, 1.807) is 0 Å². The summed E-state index contributed by atoms with van der Waals surface area (Å²) in [6.45, 7) is 2.16. The topological polar surface area (TPSA) is 69.1 Å². The van der Waals surface area contributed by atoms with Gasteiger partial charge in [-0.1, -0.05) is 19.8 Å². The van der Waals surface area contributed by atoms with Gasteiger partial charge in [-0.05, 0) is 24.7 Å². The molecule has 1 rings (SSSR count). The van der Waals surface area contributed by atoms with Crippen molar-refractivity contribution in [3.63, 3.8) is 0 Å². The van der Waals surface area contributed by atoms with E-state index in [4.69, 9.17) is 11.5 Å². The molecule has 1 atom stereocenters. The molecule has 4 N–H and O–H groups in total. The van der Waals surface area contributed by atoms with E-state index in [2.05, 4.69) is 6.92 Å². The van der Waals surface area contributed by atoms with Gasteiger partial charge in [-0.3, -0.25) is 4.79 Å². The number of hydrogen-bond acceptors (Lipinski definition) is 2. The van der Waals surface area contributed by atoms with E-state index >= 15 is 0 Å². The molecule has 1 unspecified atom stereocenters. The average molecular weight is 170 g/mol. The second-order valence-corrected chi connectivity index (χ2v) is 3.92. The van der Waals surface area contributed by atoms with Crippen LogP contribution in [0, 0.1) is 5.41 Å². The van der Waals surface area contributed by atoms with E-state index < -0.39 is 6.04 Å². The van der Waals surface area contributed by atoms with Crippen LogP contribution in [0.1, 0.15) is 39.0 Å². The van der Waals surface area contributed by atoms with Crippen LogP contribution in [0.25, 0.3) is 0 Å². The summed E-state index contributed by atoms with van der Waals surface area (Å²) < 4.78 is 0. The quantitative estimate of drug-likeness (QED) is 0.654. The van der Waals surface area contributed by atoms with Crippen molar-refractivity contribution >= 4 is 5.91 Å². The summed E-state index contributed by atoms with van der Waals surface area (Å²) in [5, 5.41) is 0. The van der Waals surface area contributed by atoms with Crippen LogP contribution in [0.15, 0.2) is 0 Å². The molecule has 0 spiro atoms. The van der Waals surface area contributed by atoms with E-state index in [1.165, 1.54) is 19.3 Å². The minimum Gasteiger partial charge on any atom is -0.368 e. The van der Waals surface area contributed by atoms with Crippen LogP contribution in [0.2, 0.25) is 0 Å². The number of amides is 1. The van der Waals surface area contributed by atoms with Crippen molar-refractivity contribution < 1.29 is 4.79 Å². The lowest BCUT2D eigenvalue weighted by Crippen LogP contribution is -2.43. The van der Waals surface area contributed by atoms with Crippen LogP contribution >= 0.6 is 0 Å². The Morgan fingerprint density at radius 2 is 2.17 bits per heavy atom. The van der Waals surface area contributed by atoms with E-state index in [9.17, 15) is 4.79 Å². The Labute approximate surface area is 73.5 Å². The third-order valence-electron chi connectivity index (χ3n) is 3.18. The number of rotatable bonds is 4. The average Bonchev–Trinajstić information content (AvgIpc) is 1.96. The fourth-order valence-electron chi connectivity index (χ4n) is 1.95. The summed E-state index contributed by atoms with van der Waals surface area (Å²) in [5.74, 6) is -0.366. The molecule has 0 saturated heterocycles. The molecule has 3 heteroatoms. The van der Waals surface area contributed by atoms with Gasteiger partial charge in [0.05, 0.1) is 6.04 Å². The molecular formula is C9H18N2O. The van der Waals surface area contributed by atoms with Crippen LogP contribution in [-0.4, -0.2) is 11.9 Å². The lowest BCUT2D eigenvalue weighted by Gasteiger charge is -2.42. The van der Waals surface area contributed by atoms with Crippen LogP contribution in [0.5, 0.6) is 0 Å². The Balaban J connectivity index is 2.42. The molecular weight excluding hydrogens is 152 g/mol. The standard InChI is InChI=1S/C9H18N2O/c1-2-9(4-3-5-9)6-7(10)8(11)12/h7H,2-6,10H2,1H3,(H2,11,12). The normalized spacial score (nSPS) is 22.8. The maximum atomic E-state index is 10.7. The first-order chi connectivity index (χ1) is 5.59. The lowest BCUT2D eigenvalue weighted by molar-refractivity contribution is -0.120. The monoisotopic (exact) mass is 170 g/mol. The van der Waals surface area contributed by atoms with Gasteiger partial charge in [-0.2, -0.15) is 0 Å². The van der Waals surface area contributed by atoms with Crippen molar-refractivity contribution in [1.82, 2.24) is 0 Å². The van der Waals surface area contributed by atoms with Crippen LogP contribution in [0.3, 0.4) is 0 Å². The van der Waals surface area contributed by atoms with Gasteiger partial charge >= 0.3 is 0 Å². The summed E-state index contributed by atoms with van der Waals surface area (Å²) >= 11 is 0. The zero-order chi connectivity index (χ0) is 9.19. The maximum Gasteiger partial charge on any atom is 0.234 e. The van der Waals surface area contributed by atoms with Crippen LogP contribution in [-0.2, 0) is 4.79 Å². The summed E-state index contributed by atoms with van der Waals surface area (Å²) in [7, 11) is 0. The van der Waals surface area contributed by atoms with Gasteiger partial charge in [0.2, 0.25) is 5.91 Å². The SMILES string of the molecule is CCC1(CC(N)C(N)=O)CCC1. The third-order valence-corrected chi connectivity index (χ3v) is 3.18. The first-order valence-corrected chi connectivity index (χ1v) is 4.64. The molecule has 1 saturated carbocycles. The molecule has 0 aromatic heterocycles. The Kier molecular flexibility index (Phi) is 2.73. The van der Waals surface area contributed by atoms with Crippen molar-refractivity contribution in [1.29, 1.82) is 0 Å². The van der Waals surface area contributed by atoms with E-state index in [0.29, 0.717) is 5.41 Å². The smallest absolute Gasteiger partial charge is 0.234 e. The Morgan fingerprint density at radius 3 is 2.42 bits per heavy atom. The van der Waals surface area contributed by atoms with Gasteiger partial charge in [-0.25, -0.2) is 0 Å². The highest BCUT2D eigenvalue weighted by Gasteiger charge is 2.37. The zero-order valence-corrected chi connectivity index (χ0v) is 7.68. The van der Waals surface area contributed by atoms with Gasteiger partial charge in [0.15, 0.2) is 0 Å². The molecule has 1 amide bonds. The lowest BCUT2D eigenvalue weighted by atomic mass is 9.64. The fraction of sp³-hybridized carbons (Fsp3) is 0.889. The Morgan fingerprint density at radius 1 is 1.58 bits per heavy atom. The molecule has 0 bridgehead atoms. The number of hydrogen-bond donors (Lipinski definition) is 2. The minimum absolute atomic E-state index is 0.342. The molecule has 0 radical (unpaired) electrons. The summed E-state index contributed by atoms with van der Waals surface area (Å²) in [6, 6.07) is -0.440. The minimum atomic E-state index is -0.440. The van der Waals surface area contributed by atoms with Crippen molar-refractivity contribution in [2.75, 3.05) is 0 Å². The molecule has 0 heterocycles. The largest absolute Gasteiger partial charge is 0.368 e. The first-order valence-electron chi connectivity index (χ1n) is 4.64. The zero-order valence-electron chi connectivity index (χ0n) is 7.68. The van der Waals surface area contributed by atoms with Crippen molar-refractivity contribution in [3.05, 3.63) is 0 Å². The molecule has 3 nitrogen and oxygen atoms in total. The molecule has 1 fully saturated rings. The van der Waals surface area contributed by atoms with E-state index in [0.717, 1.165) is 12.8 Å². The molecule has 70 valence electrons. The molecule has 1 aliphatic rings. The highest BCUT2D eigenvalue weighted by molar-refractivity contribution is 5.79. The van der Waals surface area contributed by atoms with Gasteiger partial charge in [0.25, 0.3) is 0 Å². The molecule has 0 aliphatic heterocycles. The van der Waals surface area contributed by atoms with E-state index in [1.807, 2.05) is 0 Å². The summed E-state index contributed by atoms with van der Waals surface area (Å²) in [5.41, 5.74) is 11.1. The predicted octanol–water partition coefficient (Wildman–Crippen LogP) is 0.769. The maximum absolute atomic E-state index is 10.7. The number of carbonyl (C=O) groups is 1. The van der Waals surface area contributed by atoms with Gasteiger partial charge < -0.3 is 11.5 Å². The van der Waals surface area contributed by atoms with E-state index in [-0.39, 0.29) is 5.91 Å². The second kappa shape index (κ2) is 3.44. The van der Waals surface area contributed by atoms with Crippen LogP contribution < -0.4 is 11.5 Å². The first kappa shape index (κ1) is 9.52. The highest BCUT2D eigenvalue weighted by Crippen LogP contribution is 2.47. The number of primary amides is 1. The highest BCUT2D eigenvalue weighted by atomic mass is 16.1. The van der Waals surface area contributed by atoms with Gasteiger partial charge in [-0.15, -0.1) is 0 Å². The van der Waals surface area contributed by atoms with Crippen LogP contribution in [0.4, 0.5) is 0 Å².